The molecule has 3 heteroatoms. The lowest BCUT2D eigenvalue weighted by atomic mass is 9.89. The van der Waals surface area contributed by atoms with Gasteiger partial charge in [-0.15, -0.1) is 0 Å². The van der Waals surface area contributed by atoms with Gasteiger partial charge in [-0.25, -0.2) is 0 Å². The van der Waals surface area contributed by atoms with Gasteiger partial charge in [0.1, 0.15) is 0 Å². The lowest BCUT2D eigenvalue weighted by molar-refractivity contribution is -0.122. The highest BCUT2D eigenvalue weighted by atomic mass is 16.2. The highest BCUT2D eigenvalue weighted by Gasteiger charge is 2.39. The van der Waals surface area contributed by atoms with Gasteiger partial charge in [-0.05, 0) is 38.0 Å². The molecule has 0 radical (unpaired) electrons. The topological polar surface area (TPSA) is 41.1 Å². The summed E-state index contributed by atoms with van der Waals surface area (Å²) < 4.78 is 0. The van der Waals surface area contributed by atoms with Crippen molar-refractivity contribution in [3.63, 3.8) is 0 Å². The molecule has 3 fully saturated rings. The standard InChI is InChI=1S/C11H18N2O/c14-11(7-1-2-7)12-6-8-5-9-3-4-10(8)13-9/h7-10,13H,1-6H2,(H,12,14). The van der Waals surface area contributed by atoms with E-state index in [0.29, 0.717) is 23.8 Å². The van der Waals surface area contributed by atoms with Crippen LogP contribution in [0.3, 0.4) is 0 Å². The molecule has 1 amide bonds. The van der Waals surface area contributed by atoms with Gasteiger partial charge < -0.3 is 10.6 Å². The van der Waals surface area contributed by atoms with Crippen LogP contribution in [0.2, 0.25) is 0 Å². The summed E-state index contributed by atoms with van der Waals surface area (Å²) in [5, 5.41) is 6.69. The van der Waals surface area contributed by atoms with Gasteiger partial charge in [0.05, 0.1) is 0 Å². The quantitative estimate of drug-likeness (QED) is 0.692. The van der Waals surface area contributed by atoms with Crippen molar-refractivity contribution in [2.45, 2.75) is 44.2 Å². The maximum Gasteiger partial charge on any atom is 0.223 e. The molecule has 3 rings (SSSR count). The minimum Gasteiger partial charge on any atom is -0.356 e. The summed E-state index contributed by atoms with van der Waals surface area (Å²) in [5.74, 6) is 1.37. The fraction of sp³-hybridized carbons (Fsp3) is 0.909. The third-order valence-electron chi connectivity index (χ3n) is 3.92. The Bertz CT molecular complexity index is 250. The third-order valence-corrected chi connectivity index (χ3v) is 3.92. The molecule has 3 aliphatic rings. The van der Waals surface area contributed by atoms with Crippen LogP contribution in [0.1, 0.15) is 32.1 Å². The molecule has 3 atom stereocenters. The monoisotopic (exact) mass is 194 g/mol. The number of hydrogen-bond donors (Lipinski definition) is 2. The molecule has 0 aromatic rings. The molecule has 2 bridgehead atoms. The number of hydrogen-bond acceptors (Lipinski definition) is 2. The molecule has 0 aromatic carbocycles. The van der Waals surface area contributed by atoms with Crippen LogP contribution in [0.4, 0.5) is 0 Å². The van der Waals surface area contributed by atoms with Crippen molar-refractivity contribution in [3.8, 4) is 0 Å². The lowest BCUT2D eigenvalue weighted by Crippen LogP contribution is -2.35. The first-order chi connectivity index (χ1) is 6.83. The highest BCUT2D eigenvalue weighted by Crippen LogP contribution is 2.33. The van der Waals surface area contributed by atoms with Crippen molar-refractivity contribution in [2.75, 3.05) is 6.54 Å². The first kappa shape index (κ1) is 8.72. The van der Waals surface area contributed by atoms with Crippen molar-refractivity contribution in [1.29, 1.82) is 0 Å². The lowest BCUT2D eigenvalue weighted by Gasteiger charge is -2.20. The largest absolute Gasteiger partial charge is 0.356 e. The van der Waals surface area contributed by atoms with E-state index in [9.17, 15) is 4.79 Å². The minimum absolute atomic E-state index is 0.299. The first-order valence-electron chi connectivity index (χ1n) is 5.86. The van der Waals surface area contributed by atoms with E-state index in [-0.39, 0.29) is 0 Å². The van der Waals surface area contributed by atoms with Gasteiger partial charge in [0.25, 0.3) is 0 Å². The summed E-state index contributed by atoms with van der Waals surface area (Å²) in [5.41, 5.74) is 0. The van der Waals surface area contributed by atoms with Gasteiger partial charge in [0.15, 0.2) is 0 Å². The SMILES string of the molecule is O=C(NCC1CC2CCC1N2)C1CC1. The zero-order valence-corrected chi connectivity index (χ0v) is 8.46. The first-order valence-corrected chi connectivity index (χ1v) is 5.86. The molecular weight excluding hydrogens is 176 g/mol. The second kappa shape index (κ2) is 3.23. The molecule has 2 N–H and O–H groups in total. The van der Waals surface area contributed by atoms with Crippen molar-refractivity contribution >= 4 is 5.91 Å². The highest BCUT2D eigenvalue weighted by molar-refractivity contribution is 5.80. The zero-order chi connectivity index (χ0) is 9.54. The second-order valence-corrected chi connectivity index (χ2v) is 5.06. The summed E-state index contributed by atoms with van der Waals surface area (Å²) in [6, 6.07) is 1.45. The van der Waals surface area contributed by atoms with Crippen molar-refractivity contribution in [1.82, 2.24) is 10.6 Å². The molecule has 3 nitrogen and oxygen atoms in total. The molecule has 1 aliphatic carbocycles. The number of fused-ring (bicyclic) bond motifs is 2. The van der Waals surface area contributed by atoms with Crippen molar-refractivity contribution < 1.29 is 4.79 Å². The Kier molecular flexibility index (Phi) is 2.01. The van der Waals surface area contributed by atoms with Crippen LogP contribution in [0, 0.1) is 11.8 Å². The van der Waals surface area contributed by atoms with E-state index in [1.807, 2.05) is 0 Å². The number of rotatable bonds is 3. The Morgan fingerprint density at radius 1 is 1.29 bits per heavy atom. The number of nitrogens with one attached hydrogen (secondary N) is 2. The van der Waals surface area contributed by atoms with E-state index in [1.54, 1.807) is 0 Å². The maximum absolute atomic E-state index is 11.4. The normalized spacial score (nSPS) is 40.1. The molecule has 2 aliphatic heterocycles. The predicted molar refractivity (Wildman–Crippen MR) is 53.8 cm³/mol. The van der Waals surface area contributed by atoms with E-state index in [2.05, 4.69) is 10.6 Å². The molecule has 2 saturated heterocycles. The van der Waals surface area contributed by atoms with Gasteiger partial charge in [-0.1, -0.05) is 0 Å². The summed E-state index contributed by atoms with van der Waals surface area (Å²) in [6.07, 6.45) is 6.16. The van der Waals surface area contributed by atoms with Crippen LogP contribution in [0.25, 0.3) is 0 Å². The molecule has 14 heavy (non-hydrogen) atoms. The Balaban J connectivity index is 1.46. The van der Waals surface area contributed by atoms with Gasteiger partial charge in [0.2, 0.25) is 5.91 Å². The van der Waals surface area contributed by atoms with E-state index >= 15 is 0 Å². The van der Waals surface area contributed by atoms with Crippen LogP contribution in [0.15, 0.2) is 0 Å². The Morgan fingerprint density at radius 2 is 2.14 bits per heavy atom. The Hall–Kier alpha value is -0.570. The van der Waals surface area contributed by atoms with Crippen LogP contribution in [-0.4, -0.2) is 24.5 Å². The number of carbonyl (C=O) groups excluding carboxylic acids is 1. The van der Waals surface area contributed by atoms with E-state index in [4.69, 9.17) is 0 Å². The van der Waals surface area contributed by atoms with Crippen molar-refractivity contribution in [2.24, 2.45) is 11.8 Å². The average molecular weight is 194 g/mol. The van der Waals surface area contributed by atoms with Gasteiger partial charge >= 0.3 is 0 Å². The molecule has 0 spiro atoms. The fourth-order valence-electron chi connectivity index (χ4n) is 2.88. The smallest absolute Gasteiger partial charge is 0.223 e. The van der Waals surface area contributed by atoms with Crippen LogP contribution in [0.5, 0.6) is 0 Å². The Morgan fingerprint density at radius 3 is 2.71 bits per heavy atom. The van der Waals surface area contributed by atoms with E-state index in [0.717, 1.165) is 25.4 Å². The zero-order valence-electron chi connectivity index (χ0n) is 8.46. The minimum atomic E-state index is 0.299. The molecule has 3 unspecified atom stereocenters. The fourth-order valence-corrected chi connectivity index (χ4v) is 2.88. The van der Waals surface area contributed by atoms with Gasteiger partial charge in [0, 0.05) is 24.5 Å². The van der Waals surface area contributed by atoms with Crippen molar-refractivity contribution in [3.05, 3.63) is 0 Å². The maximum atomic E-state index is 11.4. The summed E-state index contributed by atoms with van der Waals surface area (Å²) >= 11 is 0. The van der Waals surface area contributed by atoms with Crippen LogP contribution in [-0.2, 0) is 4.79 Å². The molecule has 0 aromatic heterocycles. The van der Waals surface area contributed by atoms with E-state index in [1.165, 1.54) is 19.3 Å². The van der Waals surface area contributed by atoms with Crippen LogP contribution < -0.4 is 10.6 Å². The third kappa shape index (κ3) is 1.54. The van der Waals surface area contributed by atoms with E-state index < -0.39 is 0 Å². The van der Waals surface area contributed by atoms with Gasteiger partial charge in [-0.3, -0.25) is 4.79 Å². The Labute approximate surface area is 84.6 Å². The average Bonchev–Trinajstić information content (AvgIpc) is 2.85. The molecule has 2 heterocycles. The predicted octanol–water partition coefficient (Wildman–Crippen LogP) is 0.653. The summed E-state index contributed by atoms with van der Waals surface area (Å²) in [7, 11) is 0. The number of amides is 1. The molecule has 78 valence electrons. The molecular formula is C11H18N2O. The second-order valence-electron chi connectivity index (χ2n) is 5.06. The summed E-state index contributed by atoms with van der Waals surface area (Å²) in [6.45, 7) is 0.906. The summed E-state index contributed by atoms with van der Waals surface area (Å²) in [4.78, 5) is 11.4. The molecule has 1 saturated carbocycles. The number of carbonyl (C=O) groups is 1. The van der Waals surface area contributed by atoms with Gasteiger partial charge in [-0.2, -0.15) is 0 Å². The van der Waals surface area contributed by atoms with Crippen LogP contribution >= 0.6 is 0 Å².